The van der Waals surface area contributed by atoms with Crippen molar-refractivity contribution in [1.82, 2.24) is 5.32 Å². The highest BCUT2D eigenvalue weighted by Crippen LogP contribution is 2.51. The number of carboxylic acids is 1. The van der Waals surface area contributed by atoms with Gasteiger partial charge in [-0.2, -0.15) is 0 Å². The van der Waals surface area contributed by atoms with E-state index in [0.29, 0.717) is 24.7 Å². The van der Waals surface area contributed by atoms with Crippen LogP contribution in [-0.4, -0.2) is 43.2 Å². The van der Waals surface area contributed by atoms with E-state index in [0.717, 1.165) is 50.3 Å². The molecule has 2 saturated heterocycles. The van der Waals surface area contributed by atoms with Gasteiger partial charge in [-0.1, -0.05) is 31.0 Å². The number of carbonyl (C=O) groups is 2. The number of nitrogens with two attached hydrogens (primary N) is 1. The van der Waals surface area contributed by atoms with Gasteiger partial charge in [0.15, 0.2) is 0 Å². The van der Waals surface area contributed by atoms with Crippen molar-refractivity contribution in [3.8, 4) is 0 Å². The van der Waals surface area contributed by atoms with Crippen molar-refractivity contribution in [2.75, 3.05) is 31.1 Å². The predicted octanol–water partition coefficient (Wildman–Crippen LogP) is 1.56. The normalized spacial score (nSPS) is 28.1. The van der Waals surface area contributed by atoms with Gasteiger partial charge >= 0.3 is 5.97 Å². The molecule has 0 aromatic heterocycles. The quantitative estimate of drug-likeness (QED) is 0.743. The minimum absolute atomic E-state index is 0.513. The number of hydrogen-bond donors (Lipinski definition) is 3. The highest BCUT2D eigenvalue weighted by Gasteiger charge is 2.52. The molecule has 0 spiro atoms. The first-order valence-electron chi connectivity index (χ1n) is 9.60. The van der Waals surface area contributed by atoms with Gasteiger partial charge in [-0.25, -0.2) is 0 Å². The summed E-state index contributed by atoms with van der Waals surface area (Å²) in [6, 6.07) is 7.77. The number of rotatable bonds is 5. The maximum Gasteiger partial charge on any atom is 0.310 e. The average Bonchev–Trinajstić information content (AvgIpc) is 3.31. The molecule has 140 valence electrons. The van der Waals surface area contributed by atoms with Crippen molar-refractivity contribution in [2.45, 2.75) is 31.6 Å². The molecule has 1 saturated carbocycles. The molecular formula is C20H27N3O3. The third-order valence-electron chi connectivity index (χ3n) is 6.74. The number of hydrogen-bond acceptors (Lipinski definition) is 4. The van der Waals surface area contributed by atoms with Gasteiger partial charge in [-0.3, -0.25) is 9.59 Å². The summed E-state index contributed by atoms with van der Waals surface area (Å²) in [6.07, 6.45) is 2.69. The lowest BCUT2D eigenvalue weighted by molar-refractivity contribution is -0.152. The zero-order valence-electron chi connectivity index (χ0n) is 15.0. The number of para-hydroxylation sites is 1. The van der Waals surface area contributed by atoms with E-state index < -0.39 is 23.2 Å². The number of benzene rings is 1. The van der Waals surface area contributed by atoms with Gasteiger partial charge in [0, 0.05) is 31.9 Å². The minimum atomic E-state index is -1.07. The van der Waals surface area contributed by atoms with E-state index in [1.165, 1.54) is 0 Å². The lowest BCUT2D eigenvalue weighted by Gasteiger charge is -2.34. The maximum absolute atomic E-state index is 12.5. The van der Waals surface area contributed by atoms with Crippen LogP contribution in [0, 0.1) is 17.3 Å². The molecule has 2 heterocycles. The Labute approximate surface area is 153 Å². The summed E-state index contributed by atoms with van der Waals surface area (Å²) in [5, 5.41) is 13.4. The average molecular weight is 357 g/mol. The third-order valence-corrected chi connectivity index (χ3v) is 6.74. The Morgan fingerprint density at radius 1 is 1.15 bits per heavy atom. The number of carboxylic acid groups (broad SMARTS) is 1. The van der Waals surface area contributed by atoms with Crippen LogP contribution >= 0.6 is 0 Å². The molecule has 4 N–H and O–H groups in total. The molecule has 0 bridgehead atoms. The molecule has 26 heavy (non-hydrogen) atoms. The second kappa shape index (κ2) is 6.58. The maximum atomic E-state index is 12.5. The van der Waals surface area contributed by atoms with Crippen LogP contribution in [0.5, 0.6) is 0 Å². The van der Waals surface area contributed by atoms with Gasteiger partial charge in [0.2, 0.25) is 5.91 Å². The van der Waals surface area contributed by atoms with Crippen molar-refractivity contribution < 1.29 is 14.7 Å². The summed E-state index contributed by atoms with van der Waals surface area (Å²) < 4.78 is 0. The Balaban J connectivity index is 1.74. The highest BCUT2D eigenvalue weighted by molar-refractivity contribution is 5.92. The van der Waals surface area contributed by atoms with Crippen molar-refractivity contribution in [1.29, 1.82) is 0 Å². The first-order valence-corrected chi connectivity index (χ1v) is 9.60. The molecule has 3 fully saturated rings. The van der Waals surface area contributed by atoms with Gasteiger partial charge < -0.3 is 21.1 Å². The van der Waals surface area contributed by atoms with E-state index in [1.807, 2.05) is 24.3 Å². The summed E-state index contributed by atoms with van der Waals surface area (Å²) >= 11 is 0. The van der Waals surface area contributed by atoms with Crippen LogP contribution in [0.3, 0.4) is 0 Å². The second-order valence-electron chi connectivity index (χ2n) is 8.15. The summed E-state index contributed by atoms with van der Waals surface area (Å²) in [4.78, 5) is 27.0. The lowest BCUT2D eigenvalue weighted by atomic mass is 9.69. The van der Waals surface area contributed by atoms with Gasteiger partial charge in [0.1, 0.15) is 0 Å². The van der Waals surface area contributed by atoms with Crippen LogP contribution in [0.15, 0.2) is 24.3 Å². The molecule has 1 aliphatic carbocycles. The van der Waals surface area contributed by atoms with Crippen molar-refractivity contribution in [3.63, 3.8) is 0 Å². The first-order chi connectivity index (χ1) is 12.5. The molecule has 6 heteroatoms. The van der Waals surface area contributed by atoms with Gasteiger partial charge in [-0.15, -0.1) is 0 Å². The lowest BCUT2D eigenvalue weighted by Crippen LogP contribution is -2.42. The Bertz CT molecular complexity index is 702. The number of aliphatic carboxylic acids is 1. The molecule has 2 aliphatic heterocycles. The van der Waals surface area contributed by atoms with Gasteiger partial charge in [-0.05, 0) is 36.3 Å². The second-order valence-corrected chi connectivity index (χ2v) is 8.15. The topological polar surface area (TPSA) is 95.7 Å². The molecular weight excluding hydrogens is 330 g/mol. The fourth-order valence-electron chi connectivity index (χ4n) is 5.43. The number of carbonyl (C=O) groups excluding carboxylic acids is 1. The zero-order valence-corrected chi connectivity index (χ0v) is 15.0. The van der Waals surface area contributed by atoms with E-state index in [2.05, 4.69) is 10.2 Å². The fourth-order valence-corrected chi connectivity index (χ4v) is 5.43. The number of fused-ring (bicyclic) bond motifs is 1. The SMILES string of the molecule is NC(=O)C(c1ccccc1N1CC2CNCC2C1)C1(C(=O)O)CCCC1. The molecule has 1 aromatic rings. The molecule has 3 unspecified atom stereocenters. The molecule has 0 radical (unpaired) electrons. The summed E-state index contributed by atoms with van der Waals surface area (Å²) in [5.74, 6) is -0.957. The van der Waals surface area contributed by atoms with Crippen molar-refractivity contribution >= 4 is 17.6 Å². The Morgan fingerprint density at radius 3 is 2.35 bits per heavy atom. The number of anilines is 1. The van der Waals surface area contributed by atoms with Crippen LogP contribution in [0.1, 0.15) is 37.2 Å². The van der Waals surface area contributed by atoms with Crippen LogP contribution in [-0.2, 0) is 9.59 Å². The number of amides is 1. The first kappa shape index (κ1) is 17.3. The number of nitrogens with zero attached hydrogens (tertiary/aromatic N) is 1. The standard InChI is InChI=1S/C20H27N3O3/c21-18(24)17(20(19(25)26)7-3-4-8-20)15-5-1-2-6-16(15)23-11-13-9-22-10-14(13)12-23/h1-2,5-6,13-14,17,22H,3-4,7-12H2,(H2,21,24)(H,25,26). The summed E-state index contributed by atoms with van der Waals surface area (Å²) in [6.45, 7) is 3.95. The van der Waals surface area contributed by atoms with Crippen LogP contribution in [0.2, 0.25) is 0 Å². The molecule has 3 atom stereocenters. The van der Waals surface area contributed by atoms with Crippen molar-refractivity contribution in [3.05, 3.63) is 29.8 Å². The predicted molar refractivity (Wildman–Crippen MR) is 99.0 cm³/mol. The molecule has 6 nitrogen and oxygen atoms in total. The van der Waals surface area contributed by atoms with E-state index in [-0.39, 0.29) is 0 Å². The minimum Gasteiger partial charge on any atom is -0.481 e. The van der Waals surface area contributed by atoms with Crippen LogP contribution < -0.4 is 16.0 Å². The number of nitrogens with one attached hydrogen (secondary N) is 1. The molecule has 1 aromatic carbocycles. The number of primary amides is 1. The Hall–Kier alpha value is -2.08. The van der Waals surface area contributed by atoms with Crippen LogP contribution in [0.4, 0.5) is 5.69 Å². The summed E-state index contributed by atoms with van der Waals surface area (Å²) in [7, 11) is 0. The van der Waals surface area contributed by atoms with E-state index in [4.69, 9.17) is 5.73 Å². The van der Waals surface area contributed by atoms with Gasteiger partial charge in [0.05, 0.1) is 11.3 Å². The van der Waals surface area contributed by atoms with Crippen LogP contribution in [0.25, 0.3) is 0 Å². The largest absolute Gasteiger partial charge is 0.481 e. The van der Waals surface area contributed by atoms with E-state index >= 15 is 0 Å². The zero-order chi connectivity index (χ0) is 18.3. The third kappa shape index (κ3) is 2.67. The molecule has 3 aliphatic rings. The van der Waals surface area contributed by atoms with E-state index in [9.17, 15) is 14.7 Å². The van der Waals surface area contributed by atoms with E-state index in [1.54, 1.807) is 0 Å². The fraction of sp³-hybridized carbons (Fsp3) is 0.600. The monoisotopic (exact) mass is 357 g/mol. The van der Waals surface area contributed by atoms with Gasteiger partial charge in [0.25, 0.3) is 0 Å². The Morgan fingerprint density at radius 2 is 1.77 bits per heavy atom. The smallest absolute Gasteiger partial charge is 0.310 e. The Kier molecular flexibility index (Phi) is 4.39. The molecule has 4 rings (SSSR count). The molecule has 1 amide bonds. The summed E-state index contributed by atoms with van der Waals surface area (Å²) in [5.41, 5.74) is 6.50. The van der Waals surface area contributed by atoms with Crippen molar-refractivity contribution in [2.24, 2.45) is 23.0 Å². The highest BCUT2D eigenvalue weighted by atomic mass is 16.4.